The van der Waals surface area contributed by atoms with Gasteiger partial charge in [0.1, 0.15) is 17.0 Å². The minimum atomic E-state index is -1.07. The molecule has 1 atom stereocenters. The molecule has 0 aliphatic carbocycles. The number of anilines is 1. The molecule has 0 bridgehead atoms. The summed E-state index contributed by atoms with van der Waals surface area (Å²) in [6, 6.07) is 5.06. The Morgan fingerprint density at radius 1 is 1.56 bits per heavy atom. The molecule has 1 aliphatic rings. The highest BCUT2D eigenvalue weighted by atomic mass is 79.9. The minimum Gasteiger partial charge on any atom is -0.465 e. The van der Waals surface area contributed by atoms with E-state index in [1.165, 1.54) is 4.90 Å². The molecule has 1 saturated heterocycles. The van der Waals surface area contributed by atoms with Crippen molar-refractivity contribution in [3.8, 4) is 0 Å². The van der Waals surface area contributed by atoms with Gasteiger partial charge in [0.05, 0.1) is 6.04 Å². The summed E-state index contributed by atoms with van der Waals surface area (Å²) in [6.45, 7) is 1.96. The van der Waals surface area contributed by atoms with E-state index < -0.39 is 6.09 Å². The molecule has 96 valence electrons. The second-order valence-electron chi connectivity index (χ2n) is 4.09. The molecule has 1 aliphatic heterocycles. The number of halogens is 1. The van der Waals surface area contributed by atoms with Gasteiger partial charge in [-0.25, -0.2) is 9.78 Å². The van der Waals surface area contributed by atoms with Gasteiger partial charge in [-0.05, 0) is 35.0 Å². The van der Waals surface area contributed by atoms with Crippen LogP contribution in [-0.4, -0.2) is 46.1 Å². The van der Waals surface area contributed by atoms with Gasteiger partial charge in [0.25, 0.3) is 0 Å². The van der Waals surface area contributed by atoms with Crippen LogP contribution in [0.4, 0.5) is 10.6 Å². The van der Waals surface area contributed by atoms with Crippen LogP contribution in [0.25, 0.3) is 0 Å². The zero-order valence-corrected chi connectivity index (χ0v) is 11.3. The Labute approximate surface area is 112 Å². The Bertz CT molecular complexity index is 494. The first-order chi connectivity index (χ1) is 8.49. The number of carbonyl (C=O) groups is 2. The van der Waals surface area contributed by atoms with Crippen LogP contribution in [-0.2, 0) is 4.79 Å². The maximum atomic E-state index is 12.0. The first-order valence-corrected chi connectivity index (χ1v) is 6.21. The zero-order chi connectivity index (χ0) is 13.3. The molecule has 0 aromatic carbocycles. The summed E-state index contributed by atoms with van der Waals surface area (Å²) in [5.41, 5.74) is 0. The van der Waals surface area contributed by atoms with Crippen molar-refractivity contribution in [1.82, 2.24) is 9.88 Å². The fourth-order valence-corrected chi connectivity index (χ4v) is 2.32. The first kappa shape index (κ1) is 12.8. The minimum absolute atomic E-state index is 0.131. The van der Waals surface area contributed by atoms with E-state index in [2.05, 4.69) is 20.9 Å². The van der Waals surface area contributed by atoms with Gasteiger partial charge in [-0.2, -0.15) is 0 Å². The number of rotatable bonds is 1. The normalized spacial score (nSPS) is 20.1. The van der Waals surface area contributed by atoms with E-state index in [4.69, 9.17) is 5.11 Å². The van der Waals surface area contributed by atoms with Crippen molar-refractivity contribution in [3.05, 3.63) is 22.8 Å². The van der Waals surface area contributed by atoms with E-state index in [-0.39, 0.29) is 25.0 Å². The fourth-order valence-electron chi connectivity index (χ4n) is 1.98. The fraction of sp³-hybridized carbons (Fsp3) is 0.364. The smallest absolute Gasteiger partial charge is 0.407 e. The van der Waals surface area contributed by atoms with Gasteiger partial charge in [0.15, 0.2) is 0 Å². The molecule has 7 heteroatoms. The molecule has 6 nitrogen and oxygen atoms in total. The summed E-state index contributed by atoms with van der Waals surface area (Å²) in [5, 5.41) is 8.91. The predicted octanol–water partition coefficient (Wildman–Crippen LogP) is 1.56. The van der Waals surface area contributed by atoms with Gasteiger partial charge in [-0.1, -0.05) is 6.07 Å². The molecule has 1 fully saturated rings. The Balaban J connectivity index is 2.25. The zero-order valence-electron chi connectivity index (χ0n) is 9.71. The number of hydrogen-bond donors (Lipinski definition) is 1. The Kier molecular flexibility index (Phi) is 3.51. The largest absolute Gasteiger partial charge is 0.465 e. The average Bonchev–Trinajstić information content (AvgIpc) is 2.27. The van der Waals surface area contributed by atoms with Gasteiger partial charge >= 0.3 is 6.09 Å². The number of hydrogen-bond acceptors (Lipinski definition) is 3. The summed E-state index contributed by atoms with van der Waals surface area (Å²) >= 11 is 3.25. The van der Waals surface area contributed by atoms with Crippen molar-refractivity contribution in [2.45, 2.75) is 13.0 Å². The van der Waals surface area contributed by atoms with E-state index in [1.807, 2.05) is 0 Å². The van der Waals surface area contributed by atoms with Crippen LogP contribution >= 0.6 is 15.9 Å². The van der Waals surface area contributed by atoms with Crippen LogP contribution in [0.3, 0.4) is 0 Å². The van der Waals surface area contributed by atoms with Crippen LogP contribution in [0.5, 0.6) is 0 Å². The standard InChI is InChI=1S/C11H12BrN3O3/c1-7-5-14(11(17)18)6-10(16)15(7)9-4-2-3-8(12)13-9/h2-4,7H,5-6H2,1H3,(H,17,18)/t7-/m1/s1. The van der Waals surface area contributed by atoms with Crippen LogP contribution in [0.15, 0.2) is 22.8 Å². The summed E-state index contributed by atoms with van der Waals surface area (Å²) in [5.74, 6) is 0.272. The number of carbonyl (C=O) groups excluding carboxylic acids is 1. The van der Waals surface area contributed by atoms with Crippen molar-refractivity contribution in [2.75, 3.05) is 18.0 Å². The van der Waals surface area contributed by atoms with Crippen molar-refractivity contribution in [2.24, 2.45) is 0 Å². The molecular weight excluding hydrogens is 302 g/mol. The predicted molar refractivity (Wildman–Crippen MR) is 68.5 cm³/mol. The molecule has 2 rings (SSSR count). The van der Waals surface area contributed by atoms with Crippen molar-refractivity contribution >= 4 is 33.7 Å². The lowest BCUT2D eigenvalue weighted by Gasteiger charge is -2.37. The van der Waals surface area contributed by atoms with Crippen molar-refractivity contribution in [3.63, 3.8) is 0 Å². The summed E-state index contributed by atoms with van der Waals surface area (Å²) in [6.07, 6.45) is -1.07. The second-order valence-corrected chi connectivity index (χ2v) is 4.91. The molecule has 0 spiro atoms. The molecular formula is C11H12BrN3O3. The highest BCUT2D eigenvalue weighted by molar-refractivity contribution is 9.10. The lowest BCUT2D eigenvalue weighted by molar-refractivity contribution is -0.121. The molecule has 18 heavy (non-hydrogen) atoms. The summed E-state index contributed by atoms with van der Waals surface area (Å²) < 4.78 is 0.640. The maximum Gasteiger partial charge on any atom is 0.407 e. The molecule has 2 heterocycles. The number of piperazine rings is 1. The van der Waals surface area contributed by atoms with Gasteiger partial charge < -0.3 is 5.11 Å². The number of amides is 2. The third-order valence-electron chi connectivity index (χ3n) is 2.74. The quantitative estimate of drug-likeness (QED) is 0.798. The average molecular weight is 314 g/mol. The lowest BCUT2D eigenvalue weighted by Crippen LogP contribution is -2.57. The van der Waals surface area contributed by atoms with Crippen LogP contribution in [0.1, 0.15) is 6.92 Å². The van der Waals surface area contributed by atoms with Crippen molar-refractivity contribution in [1.29, 1.82) is 0 Å². The van der Waals surface area contributed by atoms with Crippen molar-refractivity contribution < 1.29 is 14.7 Å². The molecule has 1 aromatic rings. The Hall–Kier alpha value is -1.63. The highest BCUT2D eigenvalue weighted by Gasteiger charge is 2.33. The third-order valence-corrected chi connectivity index (χ3v) is 3.18. The maximum absolute atomic E-state index is 12.0. The van der Waals surface area contributed by atoms with E-state index in [9.17, 15) is 9.59 Å². The SMILES string of the molecule is C[C@@H]1CN(C(=O)O)CC(=O)N1c1cccc(Br)n1. The molecule has 0 unspecified atom stereocenters. The van der Waals surface area contributed by atoms with E-state index in [0.29, 0.717) is 10.4 Å². The monoisotopic (exact) mass is 313 g/mol. The van der Waals surface area contributed by atoms with Crippen LogP contribution in [0.2, 0.25) is 0 Å². The molecule has 2 amide bonds. The van der Waals surface area contributed by atoms with Crippen LogP contribution < -0.4 is 4.90 Å². The molecule has 0 saturated carbocycles. The number of pyridine rings is 1. The number of nitrogens with zero attached hydrogens (tertiary/aromatic N) is 3. The van der Waals surface area contributed by atoms with E-state index in [0.717, 1.165) is 4.90 Å². The third kappa shape index (κ3) is 2.45. The van der Waals surface area contributed by atoms with E-state index >= 15 is 0 Å². The summed E-state index contributed by atoms with van der Waals surface area (Å²) in [7, 11) is 0. The topological polar surface area (TPSA) is 73.7 Å². The number of aromatic nitrogens is 1. The Morgan fingerprint density at radius 3 is 2.83 bits per heavy atom. The summed E-state index contributed by atoms with van der Waals surface area (Å²) in [4.78, 5) is 29.7. The molecule has 1 aromatic heterocycles. The van der Waals surface area contributed by atoms with Gasteiger partial charge in [-0.15, -0.1) is 0 Å². The molecule has 1 N–H and O–H groups in total. The highest BCUT2D eigenvalue weighted by Crippen LogP contribution is 2.21. The first-order valence-electron chi connectivity index (χ1n) is 5.41. The van der Waals surface area contributed by atoms with Gasteiger partial charge in [-0.3, -0.25) is 14.6 Å². The molecule has 0 radical (unpaired) electrons. The second kappa shape index (κ2) is 4.93. The van der Waals surface area contributed by atoms with Gasteiger partial charge in [0, 0.05) is 6.54 Å². The number of carboxylic acid groups (broad SMARTS) is 1. The van der Waals surface area contributed by atoms with Gasteiger partial charge in [0.2, 0.25) is 5.91 Å². The van der Waals surface area contributed by atoms with E-state index in [1.54, 1.807) is 25.1 Å². The Morgan fingerprint density at radius 2 is 2.28 bits per heavy atom. The van der Waals surface area contributed by atoms with Crippen LogP contribution in [0, 0.1) is 0 Å². The lowest BCUT2D eigenvalue weighted by atomic mass is 10.2.